The molecule has 0 radical (unpaired) electrons. The number of Topliss-reactive ketones (excluding diaryl/α,β-unsaturated/α-hetero) is 1. The van der Waals surface area contributed by atoms with Gasteiger partial charge in [-0.15, -0.1) is 0 Å². The van der Waals surface area contributed by atoms with E-state index in [1.807, 2.05) is 44.2 Å². The van der Waals surface area contributed by atoms with E-state index in [0.717, 1.165) is 5.69 Å². The van der Waals surface area contributed by atoms with E-state index in [1.54, 1.807) is 4.90 Å². The van der Waals surface area contributed by atoms with Gasteiger partial charge in [-0.05, 0) is 17.5 Å². The number of carbonyl (C=O) groups is 2. The summed E-state index contributed by atoms with van der Waals surface area (Å²) in [5, 5.41) is 13.0. The van der Waals surface area contributed by atoms with Crippen molar-refractivity contribution in [2.75, 3.05) is 38.2 Å². The fourth-order valence-electron chi connectivity index (χ4n) is 3.51. The van der Waals surface area contributed by atoms with Crippen LogP contribution in [-0.2, 0) is 4.79 Å². The third-order valence-corrected chi connectivity index (χ3v) is 5.08. The average Bonchev–Trinajstić information content (AvgIpc) is 2.64. The first kappa shape index (κ1) is 20.1. The smallest absolute Gasteiger partial charge is 0.321 e. The first-order valence-electron chi connectivity index (χ1n) is 9.62. The number of allylic oxidation sites excluding steroid dienone is 2. The van der Waals surface area contributed by atoms with Crippen LogP contribution in [0, 0.1) is 5.41 Å². The summed E-state index contributed by atoms with van der Waals surface area (Å²) in [5.74, 6) is 0.0762. The molecule has 1 fully saturated rings. The van der Waals surface area contributed by atoms with Gasteiger partial charge in [-0.1, -0.05) is 32.0 Å². The Hall–Kier alpha value is -2.67. The van der Waals surface area contributed by atoms with Crippen LogP contribution in [0.1, 0.15) is 26.7 Å². The SMILES string of the molecule is CC1(C)CC(=O)C(/C=N/CN2CCN(C(=O)Nc3ccccc3)CC2)=C(O)C1. The number of urea groups is 1. The summed E-state index contributed by atoms with van der Waals surface area (Å²) >= 11 is 0. The van der Waals surface area contributed by atoms with Gasteiger partial charge in [-0.3, -0.25) is 14.7 Å². The minimum Gasteiger partial charge on any atom is -0.511 e. The largest absolute Gasteiger partial charge is 0.511 e. The van der Waals surface area contributed by atoms with Crippen LogP contribution in [0.25, 0.3) is 0 Å². The summed E-state index contributed by atoms with van der Waals surface area (Å²) in [6, 6.07) is 9.31. The first-order chi connectivity index (χ1) is 13.3. The van der Waals surface area contributed by atoms with Gasteiger partial charge < -0.3 is 15.3 Å². The molecule has 0 spiro atoms. The zero-order valence-corrected chi connectivity index (χ0v) is 16.5. The van der Waals surface area contributed by atoms with Crippen molar-refractivity contribution in [3.8, 4) is 0 Å². The number of rotatable bonds is 4. The van der Waals surface area contributed by atoms with Gasteiger partial charge in [-0.2, -0.15) is 0 Å². The molecule has 0 atom stereocenters. The second-order valence-electron chi connectivity index (χ2n) is 8.16. The van der Waals surface area contributed by atoms with Crippen LogP contribution in [0.2, 0.25) is 0 Å². The monoisotopic (exact) mass is 384 g/mol. The Kier molecular flexibility index (Phi) is 6.14. The molecular weight excluding hydrogens is 356 g/mol. The normalized spacial score (nSPS) is 20.6. The number of hydrogen-bond donors (Lipinski definition) is 2. The molecule has 3 rings (SSSR count). The molecule has 28 heavy (non-hydrogen) atoms. The molecule has 1 heterocycles. The summed E-state index contributed by atoms with van der Waals surface area (Å²) < 4.78 is 0. The average molecular weight is 384 g/mol. The summed E-state index contributed by atoms with van der Waals surface area (Å²) in [5.41, 5.74) is 0.919. The minimum atomic E-state index is -0.199. The van der Waals surface area contributed by atoms with Gasteiger partial charge in [0, 0.05) is 50.9 Å². The molecule has 2 amide bonds. The highest BCUT2D eigenvalue weighted by molar-refractivity contribution is 6.14. The Bertz CT molecular complexity index is 778. The lowest BCUT2D eigenvalue weighted by atomic mass is 9.77. The molecular formula is C21H28N4O3. The Labute approximate surface area is 165 Å². The fourth-order valence-corrected chi connectivity index (χ4v) is 3.51. The second kappa shape index (κ2) is 8.56. The number of nitrogens with one attached hydrogen (secondary N) is 1. The predicted octanol–water partition coefficient (Wildman–Crippen LogP) is 3.07. The van der Waals surface area contributed by atoms with E-state index in [4.69, 9.17) is 0 Å². The van der Waals surface area contributed by atoms with E-state index in [9.17, 15) is 14.7 Å². The Morgan fingerprint density at radius 3 is 2.50 bits per heavy atom. The van der Waals surface area contributed by atoms with Gasteiger partial charge in [0.1, 0.15) is 5.76 Å². The zero-order valence-electron chi connectivity index (χ0n) is 16.5. The molecule has 0 unspecified atom stereocenters. The van der Waals surface area contributed by atoms with Crippen LogP contribution in [0.5, 0.6) is 0 Å². The van der Waals surface area contributed by atoms with Crippen molar-refractivity contribution >= 4 is 23.7 Å². The number of piperazine rings is 1. The van der Waals surface area contributed by atoms with Crippen molar-refractivity contribution in [1.29, 1.82) is 0 Å². The highest BCUT2D eigenvalue weighted by atomic mass is 16.3. The number of aliphatic imine (C=N–C) groups is 1. The number of ketones is 1. The molecule has 1 aromatic carbocycles. The van der Waals surface area contributed by atoms with E-state index < -0.39 is 0 Å². The van der Waals surface area contributed by atoms with Gasteiger partial charge in [0.25, 0.3) is 0 Å². The topological polar surface area (TPSA) is 85.2 Å². The molecule has 1 aliphatic carbocycles. The third-order valence-electron chi connectivity index (χ3n) is 5.08. The number of aliphatic hydroxyl groups is 1. The van der Waals surface area contributed by atoms with Gasteiger partial charge in [0.05, 0.1) is 12.2 Å². The number of hydrogen-bond acceptors (Lipinski definition) is 5. The molecule has 1 saturated heterocycles. The summed E-state index contributed by atoms with van der Waals surface area (Å²) in [6.07, 6.45) is 2.42. The van der Waals surface area contributed by atoms with Crippen LogP contribution in [0.15, 0.2) is 46.7 Å². The zero-order chi connectivity index (χ0) is 20.1. The molecule has 0 saturated carbocycles. The molecule has 1 aliphatic heterocycles. The van der Waals surface area contributed by atoms with Crippen molar-refractivity contribution in [2.45, 2.75) is 26.7 Å². The van der Waals surface area contributed by atoms with Crippen LogP contribution in [0.4, 0.5) is 10.5 Å². The van der Waals surface area contributed by atoms with Gasteiger partial charge in [-0.25, -0.2) is 4.79 Å². The molecule has 2 N–H and O–H groups in total. The van der Waals surface area contributed by atoms with Crippen molar-refractivity contribution in [2.24, 2.45) is 10.4 Å². The lowest BCUT2D eigenvalue weighted by Crippen LogP contribution is -2.49. The highest BCUT2D eigenvalue weighted by Crippen LogP contribution is 2.35. The maximum absolute atomic E-state index is 12.3. The van der Waals surface area contributed by atoms with Crippen LogP contribution < -0.4 is 5.32 Å². The van der Waals surface area contributed by atoms with Crippen LogP contribution >= 0.6 is 0 Å². The number of aliphatic hydroxyl groups excluding tert-OH is 1. The fraction of sp³-hybridized carbons (Fsp3) is 0.476. The number of carbonyl (C=O) groups excluding carboxylic acids is 2. The molecule has 0 bridgehead atoms. The quantitative estimate of drug-likeness (QED) is 0.782. The summed E-state index contributed by atoms with van der Waals surface area (Å²) in [7, 11) is 0. The number of para-hydroxylation sites is 1. The van der Waals surface area contributed by atoms with E-state index in [-0.39, 0.29) is 23.0 Å². The molecule has 2 aliphatic rings. The third kappa shape index (κ3) is 5.19. The van der Waals surface area contributed by atoms with Crippen LogP contribution in [-0.4, -0.2) is 65.8 Å². The van der Waals surface area contributed by atoms with Gasteiger partial charge >= 0.3 is 6.03 Å². The Balaban J connectivity index is 1.46. The molecule has 0 aromatic heterocycles. The van der Waals surface area contributed by atoms with Gasteiger partial charge in [0.2, 0.25) is 0 Å². The first-order valence-corrected chi connectivity index (χ1v) is 9.62. The number of amides is 2. The minimum absolute atomic E-state index is 0.0556. The predicted molar refractivity (Wildman–Crippen MR) is 110 cm³/mol. The molecule has 7 heteroatoms. The lowest BCUT2D eigenvalue weighted by Gasteiger charge is -2.33. The van der Waals surface area contributed by atoms with E-state index >= 15 is 0 Å². The lowest BCUT2D eigenvalue weighted by molar-refractivity contribution is -0.117. The van der Waals surface area contributed by atoms with Gasteiger partial charge in [0.15, 0.2) is 5.78 Å². The van der Waals surface area contributed by atoms with Crippen molar-refractivity contribution in [1.82, 2.24) is 9.80 Å². The second-order valence-corrected chi connectivity index (χ2v) is 8.16. The van der Waals surface area contributed by atoms with E-state index in [1.165, 1.54) is 6.21 Å². The van der Waals surface area contributed by atoms with E-state index in [0.29, 0.717) is 51.3 Å². The van der Waals surface area contributed by atoms with Crippen molar-refractivity contribution in [3.63, 3.8) is 0 Å². The van der Waals surface area contributed by atoms with E-state index in [2.05, 4.69) is 15.2 Å². The number of benzene rings is 1. The summed E-state index contributed by atoms with van der Waals surface area (Å²) in [6.45, 7) is 7.06. The standard InChI is InChI=1S/C21H28N4O3/c1-21(2)12-18(26)17(19(27)13-21)14-22-15-24-8-10-25(11-9-24)20(28)23-16-6-4-3-5-7-16/h3-7,14,26H,8-13,15H2,1-2H3,(H,23,28)/b22-14+. The molecule has 7 nitrogen and oxygen atoms in total. The maximum atomic E-state index is 12.3. The Morgan fingerprint density at radius 1 is 1.18 bits per heavy atom. The van der Waals surface area contributed by atoms with Crippen molar-refractivity contribution < 1.29 is 14.7 Å². The highest BCUT2D eigenvalue weighted by Gasteiger charge is 2.32. The molecule has 150 valence electrons. The Morgan fingerprint density at radius 2 is 1.86 bits per heavy atom. The summed E-state index contributed by atoms with van der Waals surface area (Å²) in [4.78, 5) is 32.8. The van der Waals surface area contributed by atoms with Crippen molar-refractivity contribution in [3.05, 3.63) is 41.7 Å². The number of nitrogens with zero attached hydrogens (tertiary/aromatic N) is 3. The maximum Gasteiger partial charge on any atom is 0.321 e. The van der Waals surface area contributed by atoms with Crippen LogP contribution in [0.3, 0.4) is 0 Å². The number of anilines is 1. The molecule has 1 aromatic rings.